The largest absolute Gasteiger partial charge is 0.353 e. The van der Waals surface area contributed by atoms with Gasteiger partial charge in [0.05, 0.1) is 5.92 Å². The van der Waals surface area contributed by atoms with Crippen LogP contribution in [0, 0.1) is 5.92 Å². The summed E-state index contributed by atoms with van der Waals surface area (Å²) in [4.78, 5) is 16.9. The molecule has 22 heavy (non-hydrogen) atoms. The maximum atomic E-state index is 12.7. The van der Waals surface area contributed by atoms with Crippen molar-refractivity contribution in [3.05, 3.63) is 18.3 Å². The standard InChI is InChI=1S/C16H25N5O/c1-20(16(22)13-5-2-8-17-11-13)14-6-4-10-21(12-14)15-7-3-9-18-19-15/h3,7,9,13-14,17H,2,4-6,8,10-12H2,1H3. The molecule has 3 heterocycles. The first-order valence-electron chi connectivity index (χ1n) is 8.26. The fourth-order valence-corrected chi connectivity index (χ4v) is 3.47. The summed E-state index contributed by atoms with van der Waals surface area (Å²) in [6.07, 6.45) is 5.95. The van der Waals surface area contributed by atoms with E-state index < -0.39 is 0 Å². The van der Waals surface area contributed by atoms with E-state index in [0.717, 1.165) is 57.7 Å². The highest BCUT2D eigenvalue weighted by Crippen LogP contribution is 2.22. The van der Waals surface area contributed by atoms with Gasteiger partial charge in [0, 0.05) is 38.9 Å². The summed E-state index contributed by atoms with van der Waals surface area (Å²) in [6.45, 7) is 3.70. The fraction of sp³-hybridized carbons (Fsp3) is 0.688. The number of carbonyl (C=O) groups is 1. The molecule has 0 bridgehead atoms. The van der Waals surface area contributed by atoms with E-state index >= 15 is 0 Å². The number of carbonyl (C=O) groups excluding carboxylic acids is 1. The van der Waals surface area contributed by atoms with Gasteiger partial charge >= 0.3 is 0 Å². The van der Waals surface area contributed by atoms with Crippen molar-refractivity contribution in [3.8, 4) is 0 Å². The van der Waals surface area contributed by atoms with Gasteiger partial charge in [0.2, 0.25) is 5.91 Å². The zero-order chi connectivity index (χ0) is 15.4. The predicted molar refractivity (Wildman–Crippen MR) is 85.6 cm³/mol. The first-order chi connectivity index (χ1) is 10.8. The molecule has 3 rings (SSSR count). The van der Waals surface area contributed by atoms with Crippen LogP contribution in [0.25, 0.3) is 0 Å². The Morgan fingerprint density at radius 2 is 2.32 bits per heavy atom. The molecule has 0 spiro atoms. The lowest BCUT2D eigenvalue weighted by Gasteiger charge is -2.39. The van der Waals surface area contributed by atoms with Crippen LogP contribution < -0.4 is 10.2 Å². The normalized spacial score (nSPS) is 25.8. The van der Waals surface area contributed by atoms with Gasteiger partial charge in [-0.25, -0.2) is 0 Å². The van der Waals surface area contributed by atoms with E-state index in [-0.39, 0.29) is 17.9 Å². The van der Waals surface area contributed by atoms with E-state index in [1.807, 2.05) is 24.1 Å². The van der Waals surface area contributed by atoms with Gasteiger partial charge in [0.25, 0.3) is 0 Å². The van der Waals surface area contributed by atoms with Gasteiger partial charge < -0.3 is 15.1 Å². The van der Waals surface area contributed by atoms with E-state index in [9.17, 15) is 4.79 Å². The van der Waals surface area contributed by atoms with Crippen LogP contribution in [0.4, 0.5) is 5.82 Å². The third-order valence-electron chi connectivity index (χ3n) is 4.82. The lowest BCUT2D eigenvalue weighted by molar-refractivity contribution is -0.137. The Morgan fingerprint density at radius 3 is 3.05 bits per heavy atom. The number of anilines is 1. The van der Waals surface area contributed by atoms with Gasteiger partial charge in [-0.2, -0.15) is 5.10 Å². The average molecular weight is 303 g/mol. The number of likely N-dealkylation sites (N-methyl/N-ethyl adjacent to an activating group) is 1. The summed E-state index contributed by atoms with van der Waals surface area (Å²) in [5.74, 6) is 1.34. The molecule has 2 unspecified atom stereocenters. The second-order valence-electron chi connectivity index (χ2n) is 6.32. The summed E-state index contributed by atoms with van der Waals surface area (Å²) in [6, 6.07) is 4.17. The van der Waals surface area contributed by atoms with Crippen LogP contribution in [0.2, 0.25) is 0 Å². The van der Waals surface area contributed by atoms with Crippen molar-refractivity contribution in [1.29, 1.82) is 0 Å². The molecule has 6 heteroatoms. The number of nitrogens with one attached hydrogen (secondary N) is 1. The van der Waals surface area contributed by atoms with Crippen molar-refractivity contribution < 1.29 is 4.79 Å². The van der Waals surface area contributed by atoms with Gasteiger partial charge in [0.15, 0.2) is 5.82 Å². The van der Waals surface area contributed by atoms with Crippen LogP contribution in [0.5, 0.6) is 0 Å². The molecule has 2 saturated heterocycles. The quantitative estimate of drug-likeness (QED) is 0.899. The van der Waals surface area contributed by atoms with Crippen molar-refractivity contribution >= 4 is 11.7 Å². The molecule has 1 amide bonds. The molecular formula is C16H25N5O. The predicted octanol–water partition coefficient (Wildman–Crippen LogP) is 0.903. The third kappa shape index (κ3) is 3.38. The molecule has 0 aliphatic carbocycles. The second-order valence-corrected chi connectivity index (χ2v) is 6.32. The number of amides is 1. The maximum Gasteiger partial charge on any atom is 0.227 e. The minimum atomic E-state index is 0.144. The minimum absolute atomic E-state index is 0.144. The molecule has 6 nitrogen and oxygen atoms in total. The summed E-state index contributed by atoms with van der Waals surface area (Å²) >= 11 is 0. The zero-order valence-corrected chi connectivity index (χ0v) is 13.2. The van der Waals surface area contributed by atoms with E-state index in [4.69, 9.17) is 0 Å². The number of nitrogens with zero attached hydrogens (tertiary/aromatic N) is 4. The zero-order valence-electron chi connectivity index (χ0n) is 13.2. The first-order valence-corrected chi connectivity index (χ1v) is 8.26. The highest BCUT2D eigenvalue weighted by molar-refractivity contribution is 5.79. The van der Waals surface area contributed by atoms with Gasteiger partial charge in [-0.05, 0) is 44.4 Å². The lowest BCUT2D eigenvalue weighted by atomic mass is 9.96. The molecule has 120 valence electrons. The first kappa shape index (κ1) is 15.2. The molecular weight excluding hydrogens is 278 g/mol. The Labute approximate surface area is 131 Å². The smallest absolute Gasteiger partial charge is 0.227 e. The van der Waals surface area contributed by atoms with Crippen molar-refractivity contribution in [3.63, 3.8) is 0 Å². The summed E-state index contributed by atoms with van der Waals surface area (Å²) in [5.41, 5.74) is 0. The average Bonchev–Trinajstić information content (AvgIpc) is 2.62. The molecule has 0 aromatic carbocycles. The van der Waals surface area contributed by atoms with Gasteiger partial charge in [-0.1, -0.05) is 0 Å². The van der Waals surface area contributed by atoms with E-state index in [0.29, 0.717) is 0 Å². The van der Waals surface area contributed by atoms with E-state index in [2.05, 4.69) is 20.4 Å². The van der Waals surface area contributed by atoms with Crippen LogP contribution >= 0.6 is 0 Å². The molecule has 2 aliphatic rings. The molecule has 0 radical (unpaired) electrons. The summed E-state index contributed by atoms with van der Waals surface area (Å²) < 4.78 is 0. The van der Waals surface area contributed by atoms with E-state index in [1.165, 1.54) is 0 Å². The Morgan fingerprint density at radius 1 is 1.41 bits per heavy atom. The molecule has 2 atom stereocenters. The van der Waals surface area contributed by atoms with Crippen LogP contribution in [-0.4, -0.2) is 60.3 Å². The van der Waals surface area contributed by atoms with Crippen molar-refractivity contribution in [2.75, 3.05) is 38.1 Å². The van der Waals surface area contributed by atoms with Crippen LogP contribution in [-0.2, 0) is 4.79 Å². The number of aromatic nitrogens is 2. The molecule has 1 aromatic rings. The Balaban J connectivity index is 1.62. The number of piperidine rings is 2. The minimum Gasteiger partial charge on any atom is -0.353 e. The van der Waals surface area contributed by atoms with Crippen molar-refractivity contribution in [1.82, 2.24) is 20.4 Å². The Hall–Kier alpha value is -1.69. The monoisotopic (exact) mass is 303 g/mol. The second kappa shape index (κ2) is 7.05. The highest BCUT2D eigenvalue weighted by atomic mass is 16.2. The highest BCUT2D eigenvalue weighted by Gasteiger charge is 2.31. The van der Waals surface area contributed by atoms with Gasteiger partial charge in [-0.3, -0.25) is 4.79 Å². The van der Waals surface area contributed by atoms with Crippen LogP contribution in [0.15, 0.2) is 18.3 Å². The molecule has 1 N–H and O–H groups in total. The lowest BCUT2D eigenvalue weighted by Crippen LogP contribution is -2.52. The number of hydrogen-bond donors (Lipinski definition) is 1. The SMILES string of the molecule is CN(C(=O)C1CCCNC1)C1CCCN(c2cccnn2)C1. The van der Waals surface area contributed by atoms with E-state index in [1.54, 1.807) is 6.20 Å². The Bertz CT molecular complexity index is 489. The molecule has 1 aromatic heterocycles. The Kier molecular flexibility index (Phi) is 4.87. The third-order valence-corrected chi connectivity index (χ3v) is 4.82. The molecule has 2 aliphatic heterocycles. The van der Waals surface area contributed by atoms with Gasteiger partial charge in [0.1, 0.15) is 0 Å². The van der Waals surface area contributed by atoms with Crippen LogP contribution in [0.3, 0.4) is 0 Å². The number of hydrogen-bond acceptors (Lipinski definition) is 5. The van der Waals surface area contributed by atoms with Crippen molar-refractivity contribution in [2.24, 2.45) is 5.92 Å². The topological polar surface area (TPSA) is 61.4 Å². The maximum absolute atomic E-state index is 12.7. The molecule has 0 saturated carbocycles. The van der Waals surface area contributed by atoms with Gasteiger partial charge in [-0.15, -0.1) is 5.10 Å². The van der Waals surface area contributed by atoms with Crippen molar-refractivity contribution in [2.45, 2.75) is 31.7 Å². The van der Waals surface area contributed by atoms with Crippen LogP contribution in [0.1, 0.15) is 25.7 Å². The summed E-state index contributed by atoms with van der Waals surface area (Å²) in [5, 5.41) is 11.5. The summed E-state index contributed by atoms with van der Waals surface area (Å²) in [7, 11) is 1.96. The molecule has 2 fully saturated rings. The fourth-order valence-electron chi connectivity index (χ4n) is 3.47. The number of rotatable bonds is 3.